The second-order valence-corrected chi connectivity index (χ2v) is 3.73. The van der Waals surface area contributed by atoms with Gasteiger partial charge in [0.2, 0.25) is 0 Å². The van der Waals surface area contributed by atoms with Crippen LogP contribution in [0, 0.1) is 30.3 Å². The van der Waals surface area contributed by atoms with Gasteiger partial charge in [-0.3, -0.25) is 30.3 Å². The zero-order chi connectivity index (χ0) is 16.0. The van der Waals surface area contributed by atoms with Gasteiger partial charge in [-0.2, -0.15) is 0 Å². The first kappa shape index (κ1) is 16.0. The molecule has 0 bridgehead atoms. The Hall–Kier alpha value is -3.08. The van der Waals surface area contributed by atoms with E-state index >= 15 is 0 Å². The summed E-state index contributed by atoms with van der Waals surface area (Å²) in [6.07, 6.45) is 4.25. The summed E-state index contributed by atoms with van der Waals surface area (Å²) in [7, 11) is 0. The Kier molecular flexibility index (Phi) is 5.25. The molecule has 0 aliphatic carbocycles. The van der Waals surface area contributed by atoms with Gasteiger partial charge in [-0.15, -0.1) is 0 Å². The van der Waals surface area contributed by atoms with Crippen LogP contribution in [0.3, 0.4) is 0 Å². The zero-order valence-electron chi connectivity index (χ0n) is 10.5. The molecule has 11 heteroatoms. The maximum atomic E-state index is 10.4. The van der Waals surface area contributed by atoms with Crippen LogP contribution in [0.1, 0.15) is 0 Å². The number of rotatable bonds is 3. The topological polar surface area (TPSA) is 162 Å². The minimum Gasteiger partial charge on any atom is -0.497 e. The van der Waals surface area contributed by atoms with Gasteiger partial charge >= 0.3 is 11.4 Å². The predicted octanol–water partition coefficient (Wildman–Crippen LogP) is 1.26. The summed E-state index contributed by atoms with van der Waals surface area (Å²) in [4.78, 5) is 27.8. The van der Waals surface area contributed by atoms with Crippen molar-refractivity contribution in [1.29, 1.82) is 0 Å². The van der Waals surface area contributed by atoms with E-state index in [1.54, 1.807) is 0 Å². The van der Waals surface area contributed by atoms with E-state index in [2.05, 4.69) is 17.5 Å². The Morgan fingerprint density at radius 3 is 1.57 bits per heavy atom. The lowest BCUT2D eigenvalue weighted by Crippen LogP contribution is -2.04. The van der Waals surface area contributed by atoms with Crippen LogP contribution in [-0.4, -0.2) is 33.0 Å². The molecule has 1 aromatic carbocycles. The molecule has 2 N–H and O–H groups in total. The van der Waals surface area contributed by atoms with Crippen LogP contribution < -0.4 is 5.32 Å². The number of phenols is 1. The standard InChI is InChI=1S/C6H3N3O7.C4H7N/c10-6-4(8(13)14)1-3(7(11)12)2-5(6)9(15)16;1-2-4-5-3-1/h1-2,10H;1-2,5H,3-4H2. The van der Waals surface area contributed by atoms with E-state index in [0.29, 0.717) is 12.1 Å². The van der Waals surface area contributed by atoms with Crippen molar-refractivity contribution in [1.82, 2.24) is 5.32 Å². The minimum absolute atomic E-state index is 0.447. The van der Waals surface area contributed by atoms with Crippen molar-refractivity contribution >= 4 is 17.1 Å². The Morgan fingerprint density at radius 2 is 1.33 bits per heavy atom. The summed E-state index contributed by atoms with van der Waals surface area (Å²) in [5.74, 6) is -1.21. The summed E-state index contributed by atoms with van der Waals surface area (Å²) in [6, 6.07) is 0.894. The van der Waals surface area contributed by atoms with Gasteiger partial charge in [0.05, 0.1) is 26.9 Å². The molecule has 0 amide bonds. The number of hydrogen-bond donors (Lipinski definition) is 2. The number of aromatic hydroxyl groups is 1. The number of phenolic OH excluding ortho intramolecular Hbond substituents is 1. The van der Waals surface area contributed by atoms with Gasteiger partial charge in [-0.1, -0.05) is 12.2 Å². The van der Waals surface area contributed by atoms with Crippen LogP contribution in [0.2, 0.25) is 0 Å². The van der Waals surface area contributed by atoms with E-state index in [1.807, 2.05) is 0 Å². The van der Waals surface area contributed by atoms with E-state index in [1.165, 1.54) is 0 Å². The molecule has 0 aromatic heterocycles. The molecule has 0 spiro atoms. The lowest BCUT2D eigenvalue weighted by Gasteiger charge is -1.97. The molecule has 0 saturated carbocycles. The lowest BCUT2D eigenvalue weighted by atomic mass is 10.2. The average molecular weight is 298 g/mol. The van der Waals surface area contributed by atoms with E-state index in [0.717, 1.165) is 13.1 Å². The fraction of sp³-hybridized carbons (Fsp3) is 0.200. The van der Waals surface area contributed by atoms with Gasteiger partial charge in [-0.25, -0.2) is 0 Å². The molecule has 0 saturated heterocycles. The van der Waals surface area contributed by atoms with E-state index in [9.17, 15) is 30.3 Å². The molecular weight excluding hydrogens is 288 g/mol. The maximum absolute atomic E-state index is 10.4. The van der Waals surface area contributed by atoms with Gasteiger partial charge < -0.3 is 10.4 Å². The van der Waals surface area contributed by atoms with Crippen LogP contribution in [0.25, 0.3) is 0 Å². The molecular formula is C10H10N4O7. The van der Waals surface area contributed by atoms with E-state index < -0.39 is 37.6 Å². The van der Waals surface area contributed by atoms with E-state index in [-0.39, 0.29) is 0 Å². The Bertz CT molecular complexity index is 572. The molecule has 1 aliphatic heterocycles. The van der Waals surface area contributed by atoms with Crippen molar-refractivity contribution in [2.75, 3.05) is 13.1 Å². The highest BCUT2D eigenvalue weighted by Gasteiger charge is 2.30. The van der Waals surface area contributed by atoms with Crippen LogP contribution >= 0.6 is 0 Å². The highest BCUT2D eigenvalue weighted by molar-refractivity contribution is 5.64. The van der Waals surface area contributed by atoms with Gasteiger partial charge in [0, 0.05) is 13.1 Å². The van der Waals surface area contributed by atoms with Crippen molar-refractivity contribution in [3.8, 4) is 5.75 Å². The Morgan fingerprint density at radius 1 is 0.905 bits per heavy atom. The smallest absolute Gasteiger partial charge is 0.324 e. The van der Waals surface area contributed by atoms with Gasteiger partial charge in [0.25, 0.3) is 11.4 Å². The first-order valence-corrected chi connectivity index (χ1v) is 5.50. The highest BCUT2D eigenvalue weighted by Crippen LogP contribution is 2.38. The van der Waals surface area contributed by atoms with E-state index in [4.69, 9.17) is 5.11 Å². The van der Waals surface area contributed by atoms with Crippen molar-refractivity contribution < 1.29 is 19.9 Å². The fourth-order valence-electron chi connectivity index (χ4n) is 1.39. The Labute approximate surface area is 117 Å². The molecule has 0 fully saturated rings. The molecule has 1 aliphatic rings. The van der Waals surface area contributed by atoms with Crippen molar-refractivity contribution in [2.45, 2.75) is 0 Å². The summed E-state index contributed by atoms with van der Waals surface area (Å²) < 4.78 is 0. The Balaban J connectivity index is 0.000000369. The molecule has 0 atom stereocenters. The van der Waals surface area contributed by atoms with Crippen molar-refractivity contribution in [3.05, 3.63) is 54.6 Å². The van der Waals surface area contributed by atoms with Crippen molar-refractivity contribution in [2.24, 2.45) is 0 Å². The first-order chi connectivity index (χ1) is 9.84. The fourth-order valence-corrected chi connectivity index (χ4v) is 1.39. The first-order valence-electron chi connectivity index (χ1n) is 5.50. The molecule has 0 unspecified atom stereocenters. The summed E-state index contributed by atoms with van der Waals surface area (Å²) in [6.45, 7) is 2.14. The number of nitro groups is 3. The number of hydrogen-bond acceptors (Lipinski definition) is 8. The highest BCUT2D eigenvalue weighted by atomic mass is 16.6. The monoisotopic (exact) mass is 298 g/mol. The normalized spacial score (nSPS) is 12.4. The van der Waals surface area contributed by atoms with Gasteiger partial charge in [0.1, 0.15) is 0 Å². The number of nitrogens with one attached hydrogen (secondary N) is 1. The molecule has 11 nitrogen and oxygen atoms in total. The summed E-state index contributed by atoms with van der Waals surface area (Å²) in [5.41, 5.74) is -3.00. The summed E-state index contributed by atoms with van der Waals surface area (Å²) in [5, 5.41) is 43.3. The average Bonchev–Trinajstić information content (AvgIpc) is 2.96. The number of nitrogens with zero attached hydrogens (tertiary/aromatic N) is 3. The molecule has 21 heavy (non-hydrogen) atoms. The van der Waals surface area contributed by atoms with Crippen molar-refractivity contribution in [3.63, 3.8) is 0 Å². The van der Waals surface area contributed by atoms with Crippen LogP contribution in [-0.2, 0) is 0 Å². The van der Waals surface area contributed by atoms with Gasteiger partial charge in [-0.05, 0) is 0 Å². The number of nitro benzene ring substituents is 3. The third-order valence-electron chi connectivity index (χ3n) is 2.35. The molecule has 0 radical (unpaired) electrons. The molecule has 112 valence electrons. The number of benzene rings is 1. The maximum Gasteiger partial charge on any atom is 0.324 e. The third kappa shape index (κ3) is 4.21. The largest absolute Gasteiger partial charge is 0.497 e. The molecule has 2 rings (SSSR count). The third-order valence-corrected chi connectivity index (χ3v) is 2.35. The van der Waals surface area contributed by atoms with Crippen LogP contribution in [0.15, 0.2) is 24.3 Å². The predicted molar refractivity (Wildman–Crippen MR) is 70.1 cm³/mol. The SMILES string of the molecule is C1=CCNC1.O=[N+]([O-])c1cc([N+](=O)[O-])c(O)c([N+](=O)[O-])c1. The number of non-ortho nitro benzene ring substituents is 1. The minimum atomic E-state index is -1.21. The molecule has 1 heterocycles. The summed E-state index contributed by atoms with van der Waals surface area (Å²) >= 11 is 0. The second kappa shape index (κ2) is 6.91. The van der Waals surface area contributed by atoms with Crippen LogP contribution in [0.4, 0.5) is 17.1 Å². The molecule has 1 aromatic rings. The quantitative estimate of drug-likeness (QED) is 0.478. The lowest BCUT2D eigenvalue weighted by molar-refractivity contribution is -0.404. The van der Waals surface area contributed by atoms with Gasteiger partial charge in [0.15, 0.2) is 0 Å². The van der Waals surface area contributed by atoms with Crippen LogP contribution in [0.5, 0.6) is 5.75 Å². The second-order valence-electron chi connectivity index (χ2n) is 3.73. The zero-order valence-corrected chi connectivity index (χ0v) is 10.5.